The Morgan fingerprint density at radius 2 is 1.52 bits per heavy atom. The summed E-state index contributed by atoms with van der Waals surface area (Å²) < 4.78 is 42.0. The monoisotopic (exact) mass is 565 g/mol. The summed E-state index contributed by atoms with van der Waals surface area (Å²) in [5, 5.41) is 8.96. The number of nitrogens with zero attached hydrogens (tertiary/aromatic N) is 5. The fourth-order valence-corrected chi connectivity index (χ4v) is 3.40. The lowest BCUT2D eigenvalue weighted by atomic mass is 9.87. The number of ether oxygens (including phenoxy) is 3. The zero-order valence-electron chi connectivity index (χ0n) is 22.2. The highest BCUT2D eigenvalue weighted by atomic mass is 32.2. The molecule has 4 aromatic rings. The molecule has 0 aliphatic heterocycles. The van der Waals surface area contributed by atoms with Gasteiger partial charge in [-0.05, 0) is 29.2 Å². The smallest absolute Gasteiger partial charge is 0.341 e. The number of hydrogen-bond acceptors (Lipinski definition) is 11. The van der Waals surface area contributed by atoms with Crippen LogP contribution in [-0.4, -0.2) is 53.1 Å². The van der Waals surface area contributed by atoms with Gasteiger partial charge in [0.05, 0.1) is 7.11 Å². The predicted molar refractivity (Wildman–Crippen MR) is 145 cm³/mol. The largest absolute Gasteiger partial charge is 0.493 e. The maximum atomic E-state index is 11.2. The van der Waals surface area contributed by atoms with Crippen LogP contribution in [0.2, 0.25) is 0 Å². The van der Waals surface area contributed by atoms with Crippen LogP contribution >= 0.6 is 0 Å². The molecule has 0 fully saturated rings. The van der Waals surface area contributed by atoms with Gasteiger partial charge in [0.25, 0.3) is 5.88 Å². The molecule has 0 saturated carbocycles. The molecule has 2 aromatic carbocycles. The summed E-state index contributed by atoms with van der Waals surface area (Å²) >= 11 is 0. The van der Waals surface area contributed by atoms with Gasteiger partial charge in [-0.25, -0.2) is 19.7 Å². The average molecular weight is 566 g/mol. The van der Waals surface area contributed by atoms with Crippen LogP contribution in [-0.2, 0) is 20.7 Å². The number of methoxy groups -OCH3 is 1. The molecular formula is C27H27N5O7S. The molecule has 0 spiro atoms. The van der Waals surface area contributed by atoms with Gasteiger partial charge in [-0.2, -0.15) is 13.4 Å². The Hall–Kier alpha value is -4.91. The minimum Gasteiger partial charge on any atom is -0.493 e. The number of para-hydroxylation sites is 2. The Morgan fingerprint density at radius 1 is 0.900 bits per heavy atom. The third-order valence-corrected chi connectivity index (χ3v) is 5.32. The van der Waals surface area contributed by atoms with E-state index in [1.165, 1.54) is 31.1 Å². The molecule has 0 saturated heterocycles. The third-order valence-electron chi connectivity index (χ3n) is 5.00. The molecule has 13 heteroatoms. The summed E-state index contributed by atoms with van der Waals surface area (Å²) in [7, 11) is -1.51. The molecular weight excluding hydrogens is 538 g/mol. The Labute approximate surface area is 232 Å². The van der Waals surface area contributed by atoms with Crippen molar-refractivity contribution in [3.63, 3.8) is 0 Å². The second-order valence-electron chi connectivity index (χ2n) is 8.94. The summed E-state index contributed by atoms with van der Waals surface area (Å²) in [6, 6.07) is 18.6. The Kier molecular flexibility index (Phi) is 10.2. The average Bonchev–Trinajstić information content (AvgIpc) is 2.94. The van der Waals surface area contributed by atoms with Crippen LogP contribution in [0.15, 0.2) is 77.4 Å². The van der Waals surface area contributed by atoms with Crippen molar-refractivity contribution in [3.8, 4) is 34.8 Å². The number of aromatic nitrogens is 4. The van der Waals surface area contributed by atoms with Crippen molar-refractivity contribution in [2.45, 2.75) is 26.2 Å². The molecule has 12 nitrogen and oxygen atoms in total. The van der Waals surface area contributed by atoms with Gasteiger partial charge < -0.3 is 19.3 Å². The van der Waals surface area contributed by atoms with Crippen molar-refractivity contribution in [1.29, 1.82) is 0 Å². The zero-order chi connectivity index (χ0) is 29.1. The first-order valence-corrected chi connectivity index (χ1v) is 12.8. The van der Waals surface area contributed by atoms with Crippen LogP contribution in [0, 0.1) is 0 Å². The van der Waals surface area contributed by atoms with Crippen LogP contribution < -0.4 is 14.2 Å². The lowest BCUT2D eigenvalue weighted by molar-refractivity contribution is -0.139. The molecule has 208 valence electrons. The molecule has 4 rings (SSSR count). The molecule has 1 N–H and O–H groups in total. The van der Waals surface area contributed by atoms with Gasteiger partial charge in [0.15, 0.2) is 23.9 Å². The van der Waals surface area contributed by atoms with E-state index in [-0.39, 0.29) is 29.0 Å². The predicted octanol–water partition coefficient (Wildman–Crippen LogP) is 4.88. The van der Waals surface area contributed by atoms with Crippen molar-refractivity contribution in [2.75, 3.05) is 13.7 Å². The molecule has 2 heterocycles. The summed E-state index contributed by atoms with van der Waals surface area (Å²) in [6.45, 7) is 5.89. The molecule has 0 unspecified atom stereocenters. The molecule has 0 aliphatic carbocycles. The van der Waals surface area contributed by atoms with Crippen LogP contribution in [0.1, 0.15) is 26.3 Å². The highest BCUT2D eigenvalue weighted by molar-refractivity contribution is 7.61. The van der Waals surface area contributed by atoms with Crippen molar-refractivity contribution in [1.82, 2.24) is 19.9 Å². The third kappa shape index (κ3) is 8.56. The topological polar surface area (TPSA) is 163 Å². The minimum absolute atomic E-state index is 0.0367. The van der Waals surface area contributed by atoms with E-state index < -0.39 is 28.9 Å². The number of benzene rings is 2. The van der Waals surface area contributed by atoms with E-state index in [0.717, 1.165) is 0 Å². The number of aliphatic carboxylic acids is 1. The van der Waals surface area contributed by atoms with Gasteiger partial charge in [0, 0.05) is 12.4 Å². The fourth-order valence-electron chi connectivity index (χ4n) is 3.13. The first kappa shape index (κ1) is 29.6. The van der Waals surface area contributed by atoms with Crippen LogP contribution in [0.3, 0.4) is 0 Å². The van der Waals surface area contributed by atoms with Gasteiger partial charge in [0.2, 0.25) is 17.4 Å². The van der Waals surface area contributed by atoms with Crippen molar-refractivity contribution in [3.05, 3.63) is 78.6 Å². The van der Waals surface area contributed by atoms with Crippen LogP contribution in [0.25, 0.3) is 11.6 Å². The SMILES string of the molecule is CC(C)(C)c1ccccc1.COc1ccccc1Oc1c(N=S(=O)=O)nc(-c2ncccn2)nc1OCC(=O)O. The molecule has 0 bridgehead atoms. The minimum atomic E-state index is -2.92. The van der Waals surface area contributed by atoms with Gasteiger partial charge in [0.1, 0.15) is 0 Å². The maximum Gasteiger partial charge on any atom is 0.341 e. The van der Waals surface area contributed by atoms with E-state index in [1.807, 2.05) is 0 Å². The summed E-state index contributed by atoms with van der Waals surface area (Å²) in [6.07, 6.45) is 2.84. The highest BCUT2D eigenvalue weighted by Crippen LogP contribution is 2.41. The van der Waals surface area contributed by atoms with Crippen LogP contribution in [0.4, 0.5) is 5.82 Å². The standard InChI is InChI=1S/C17H13N5O7S.C10H14/c1-27-10-5-2-3-6-11(10)29-13-14(22-30(25)26)20-16(15-18-7-4-8-19-15)21-17(13)28-9-12(23)24;1-10(2,3)9-7-5-4-6-8-9/h2-8H,9H2,1H3,(H,23,24);4-8H,1-3H3. The van der Waals surface area contributed by atoms with E-state index in [4.69, 9.17) is 19.3 Å². The van der Waals surface area contributed by atoms with E-state index >= 15 is 0 Å². The van der Waals surface area contributed by atoms with Gasteiger partial charge in [-0.15, -0.1) is 4.36 Å². The lowest BCUT2D eigenvalue weighted by Crippen LogP contribution is -2.12. The first-order chi connectivity index (χ1) is 19.1. The summed E-state index contributed by atoms with van der Waals surface area (Å²) in [5.41, 5.74) is 1.69. The molecule has 0 radical (unpaired) electrons. The van der Waals surface area contributed by atoms with Gasteiger partial charge in [-0.3, -0.25) is 0 Å². The van der Waals surface area contributed by atoms with Crippen molar-refractivity contribution in [2.24, 2.45) is 4.36 Å². The maximum absolute atomic E-state index is 11.2. The van der Waals surface area contributed by atoms with Gasteiger partial charge >= 0.3 is 16.5 Å². The number of carbonyl (C=O) groups is 1. The Morgan fingerprint density at radius 3 is 2.08 bits per heavy atom. The Bertz CT molecular complexity index is 1570. The zero-order valence-corrected chi connectivity index (χ0v) is 23.0. The fraction of sp³-hybridized carbons (Fsp3) is 0.222. The van der Waals surface area contributed by atoms with E-state index in [1.54, 1.807) is 24.3 Å². The number of carboxylic acid groups (broad SMARTS) is 1. The number of carboxylic acids is 1. The summed E-state index contributed by atoms with van der Waals surface area (Å²) in [4.78, 5) is 27.1. The van der Waals surface area contributed by atoms with E-state index in [2.05, 4.69) is 75.4 Å². The molecule has 0 aliphatic rings. The molecule has 40 heavy (non-hydrogen) atoms. The number of rotatable bonds is 8. The van der Waals surface area contributed by atoms with E-state index in [9.17, 15) is 13.2 Å². The lowest BCUT2D eigenvalue weighted by Gasteiger charge is -2.18. The van der Waals surface area contributed by atoms with Crippen molar-refractivity contribution >= 4 is 22.3 Å². The second kappa shape index (κ2) is 13.8. The van der Waals surface area contributed by atoms with Crippen molar-refractivity contribution < 1.29 is 32.5 Å². The Balaban J connectivity index is 0.000000371. The molecule has 0 amide bonds. The van der Waals surface area contributed by atoms with Crippen LogP contribution in [0.5, 0.6) is 23.1 Å². The first-order valence-electron chi connectivity index (χ1n) is 11.8. The normalized spacial score (nSPS) is 10.5. The quantitative estimate of drug-likeness (QED) is 0.310. The second-order valence-corrected chi connectivity index (χ2v) is 9.55. The van der Waals surface area contributed by atoms with E-state index in [0.29, 0.717) is 11.2 Å². The molecule has 0 atom stereocenters. The molecule has 2 aromatic heterocycles. The van der Waals surface area contributed by atoms with Gasteiger partial charge in [-0.1, -0.05) is 63.2 Å². The highest BCUT2D eigenvalue weighted by Gasteiger charge is 2.22. The number of hydrogen-bond donors (Lipinski definition) is 1. The summed E-state index contributed by atoms with van der Waals surface area (Å²) in [5.74, 6) is -2.06.